The highest BCUT2D eigenvalue weighted by atomic mass is 35.5. The van der Waals surface area contributed by atoms with Crippen LogP contribution < -0.4 is 4.90 Å². The molecule has 2 aromatic carbocycles. The summed E-state index contributed by atoms with van der Waals surface area (Å²) < 4.78 is 36.7. The summed E-state index contributed by atoms with van der Waals surface area (Å²) in [5, 5.41) is 0.449. The van der Waals surface area contributed by atoms with E-state index < -0.39 is 22.0 Å². The first kappa shape index (κ1) is 32.4. The molecule has 1 atom stereocenters. The van der Waals surface area contributed by atoms with Gasteiger partial charge in [-0.3, -0.25) is 4.79 Å². The van der Waals surface area contributed by atoms with Gasteiger partial charge in [0.1, 0.15) is 11.4 Å². The van der Waals surface area contributed by atoms with Crippen LogP contribution in [0.15, 0.2) is 59.9 Å². The maximum absolute atomic E-state index is 13.3. The number of benzene rings is 2. The molecule has 41 heavy (non-hydrogen) atoms. The Morgan fingerprint density at radius 1 is 1.05 bits per heavy atom. The average molecular weight is 602 g/mol. The Labute approximate surface area is 250 Å². The lowest BCUT2D eigenvalue weighted by atomic mass is 9.91. The molecule has 2 aromatic rings. The molecule has 1 amide bonds. The zero-order chi connectivity index (χ0) is 30.5. The lowest BCUT2D eigenvalue weighted by Crippen LogP contribution is -2.42. The van der Waals surface area contributed by atoms with E-state index >= 15 is 0 Å². The second-order valence-electron chi connectivity index (χ2n) is 12.1. The lowest BCUT2D eigenvalue weighted by Gasteiger charge is -2.27. The molecule has 9 heteroatoms. The topological polar surface area (TPSA) is 90.0 Å². The normalized spacial score (nSPS) is 15.5. The molecule has 3 rings (SSSR count). The molecule has 0 N–H and O–H groups in total. The fourth-order valence-electron chi connectivity index (χ4n) is 4.75. The van der Waals surface area contributed by atoms with Crippen molar-refractivity contribution in [3.63, 3.8) is 0 Å². The number of hydrogen-bond donors (Lipinski definition) is 0. The number of anilines is 1. The quantitative estimate of drug-likeness (QED) is 0.286. The van der Waals surface area contributed by atoms with Crippen LogP contribution in [0.1, 0.15) is 66.0 Å². The first-order valence-corrected chi connectivity index (χ1v) is 15.3. The van der Waals surface area contributed by atoms with Crippen molar-refractivity contribution in [2.45, 2.75) is 73.3 Å². The van der Waals surface area contributed by atoms with E-state index in [4.69, 9.17) is 21.1 Å². The third-order valence-corrected chi connectivity index (χ3v) is 7.43. The van der Waals surface area contributed by atoms with Crippen molar-refractivity contribution in [2.75, 3.05) is 11.5 Å². The molecule has 0 spiro atoms. The molecular weight excluding hydrogens is 562 g/mol. The number of allylic oxidation sites excluding steroid dienone is 2. The number of ketones is 1. The third kappa shape index (κ3) is 8.94. The molecule has 0 saturated carbocycles. The second kappa shape index (κ2) is 13.7. The van der Waals surface area contributed by atoms with Crippen LogP contribution in [-0.2, 0) is 37.4 Å². The SMILES string of the molecule is CC(C)COC1=C(C(C)C)C(=O)C(Cc2cccc(CC(N(C(=O)OC(C)(C)C)c3ccc(Cl)cc3)=S(=O)=O)c2)C1. The van der Waals surface area contributed by atoms with E-state index in [1.54, 1.807) is 51.1 Å². The van der Waals surface area contributed by atoms with Crippen molar-refractivity contribution in [3.8, 4) is 0 Å². The minimum atomic E-state index is -2.74. The van der Waals surface area contributed by atoms with Gasteiger partial charge >= 0.3 is 6.09 Å². The maximum Gasteiger partial charge on any atom is 0.420 e. The van der Waals surface area contributed by atoms with Crippen LogP contribution in [-0.4, -0.2) is 37.5 Å². The van der Waals surface area contributed by atoms with E-state index in [0.717, 1.165) is 21.8 Å². The monoisotopic (exact) mass is 601 g/mol. The number of carbonyl (C=O) groups is 2. The zero-order valence-corrected chi connectivity index (χ0v) is 26.4. The lowest BCUT2D eigenvalue weighted by molar-refractivity contribution is -0.118. The summed E-state index contributed by atoms with van der Waals surface area (Å²) in [5.74, 6) is 1.07. The predicted octanol–water partition coefficient (Wildman–Crippen LogP) is 7.05. The summed E-state index contributed by atoms with van der Waals surface area (Å²) in [4.78, 5) is 27.5. The number of rotatable bonds is 9. The highest BCUT2D eigenvalue weighted by Crippen LogP contribution is 2.36. The average Bonchev–Trinajstić information content (AvgIpc) is 3.17. The number of amides is 1. The van der Waals surface area contributed by atoms with E-state index in [0.29, 0.717) is 41.6 Å². The molecule has 1 aliphatic carbocycles. The number of ether oxygens (including phenoxy) is 2. The van der Waals surface area contributed by atoms with Gasteiger partial charge in [0.05, 0.1) is 12.3 Å². The Morgan fingerprint density at radius 3 is 2.24 bits per heavy atom. The van der Waals surface area contributed by atoms with Crippen molar-refractivity contribution in [1.29, 1.82) is 0 Å². The van der Waals surface area contributed by atoms with Crippen LogP contribution >= 0.6 is 11.6 Å². The Hall–Kier alpha value is -3.10. The summed E-state index contributed by atoms with van der Waals surface area (Å²) in [6.07, 6.45) is 0.185. The van der Waals surface area contributed by atoms with Crippen molar-refractivity contribution < 1.29 is 27.5 Å². The van der Waals surface area contributed by atoms with E-state index in [1.807, 2.05) is 32.0 Å². The maximum atomic E-state index is 13.3. The van der Waals surface area contributed by atoms with E-state index in [1.165, 1.54) is 0 Å². The van der Waals surface area contributed by atoms with Gasteiger partial charge in [0.25, 0.3) is 0 Å². The van der Waals surface area contributed by atoms with E-state index in [2.05, 4.69) is 13.8 Å². The summed E-state index contributed by atoms with van der Waals surface area (Å²) in [5.41, 5.74) is 1.83. The van der Waals surface area contributed by atoms with Gasteiger partial charge in [0.15, 0.2) is 10.8 Å². The van der Waals surface area contributed by atoms with Gasteiger partial charge < -0.3 is 9.47 Å². The number of nitrogens with zero attached hydrogens (tertiary/aromatic N) is 1. The number of hydrogen-bond acceptors (Lipinski definition) is 6. The van der Waals surface area contributed by atoms with Crippen LogP contribution in [0.25, 0.3) is 0 Å². The van der Waals surface area contributed by atoms with Gasteiger partial charge in [-0.15, -0.1) is 0 Å². The van der Waals surface area contributed by atoms with Gasteiger partial charge in [-0.25, -0.2) is 9.69 Å². The number of carbonyl (C=O) groups excluding carboxylic acids is 2. The van der Waals surface area contributed by atoms with Gasteiger partial charge in [-0.2, -0.15) is 8.42 Å². The second-order valence-corrected chi connectivity index (χ2v) is 13.5. The van der Waals surface area contributed by atoms with Crippen LogP contribution in [0, 0.1) is 17.8 Å². The van der Waals surface area contributed by atoms with Crippen molar-refractivity contribution >= 4 is 44.4 Å². The molecule has 7 nitrogen and oxygen atoms in total. The first-order valence-electron chi connectivity index (χ1n) is 13.9. The van der Waals surface area contributed by atoms with Gasteiger partial charge in [0.2, 0.25) is 10.3 Å². The standard InChI is InChI=1S/C32H40ClNO6S/c1-20(2)19-39-27-18-24(30(35)29(27)21(3)4)16-22-9-8-10-23(15-22)17-28(41(37)38)34(31(36)40-32(5,6)7)26-13-11-25(33)12-14-26/h8-15,20-21,24H,16-19H2,1-7H3. The smallest absolute Gasteiger partial charge is 0.420 e. The molecule has 0 aromatic heterocycles. The largest absolute Gasteiger partial charge is 0.497 e. The fraction of sp³-hybridized carbons (Fsp3) is 0.469. The molecule has 0 fully saturated rings. The van der Waals surface area contributed by atoms with Crippen molar-refractivity contribution in [1.82, 2.24) is 0 Å². The highest BCUT2D eigenvalue weighted by Gasteiger charge is 2.36. The van der Waals surface area contributed by atoms with Gasteiger partial charge in [-0.05, 0) is 74.4 Å². The molecule has 0 bridgehead atoms. The molecular formula is C32H40ClNO6S. The minimum Gasteiger partial charge on any atom is -0.497 e. The third-order valence-electron chi connectivity index (χ3n) is 6.47. The molecule has 0 aliphatic heterocycles. The Kier molecular flexibility index (Phi) is 10.8. The van der Waals surface area contributed by atoms with Crippen molar-refractivity contribution in [3.05, 3.63) is 76.0 Å². The molecule has 0 radical (unpaired) electrons. The van der Waals surface area contributed by atoms with Crippen LogP contribution in [0.5, 0.6) is 0 Å². The Balaban J connectivity index is 1.88. The minimum absolute atomic E-state index is 0.0529. The van der Waals surface area contributed by atoms with Crippen molar-refractivity contribution in [2.24, 2.45) is 17.8 Å². The molecule has 0 heterocycles. The number of halogens is 1. The van der Waals surface area contributed by atoms with Gasteiger partial charge in [0, 0.05) is 29.4 Å². The summed E-state index contributed by atoms with van der Waals surface area (Å²) in [7, 11) is -2.74. The molecule has 1 unspecified atom stereocenters. The molecule has 1 aliphatic rings. The first-order chi connectivity index (χ1) is 19.2. The van der Waals surface area contributed by atoms with Crippen LogP contribution in [0.4, 0.5) is 10.5 Å². The van der Waals surface area contributed by atoms with Crippen LogP contribution in [0.2, 0.25) is 5.02 Å². The zero-order valence-electron chi connectivity index (χ0n) is 24.9. The summed E-state index contributed by atoms with van der Waals surface area (Å²) >= 11 is 6.04. The van der Waals surface area contributed by atoms with Crippen LogP contribution in [0.3, 0.4) is 0 Å². The summed E-state index contributed by atoms with van der Waals surface area (Å²) in [6, 6.07) is 13.8. The van der Waals surface area contributed by atoms with E-state index in [-0.39, 0.29) is 29.0 Å². The Bertz CT molecular complexity index is 1430. The molecule has 0 saturated heterocycles. The molecule has 222 valence electrons. The Morgan fingerprint density at radius 2 is 1.68 bits per heavy atom. The van der Waals surface area contributed by atoms with E-state index in [9.17, 15) is 18.0 Å². The summed E-state index contributed by atoms with van der Waals surface area (Å²) in [6.45, 7) is 13.9. The van der Waals surface area contributed by atoms with Gasteiger partial charge in [-0.1, -0.05) is 63.6 Å². The predicted molar refractivity (Wildman–Crippen MR) is 164 cm³/mol. The highest BCUT2D eigenvalue weighted by molar-refractivity contribution is 7.73. The fourth-order valence-corrected chi connectivity index (χ4v) is 5.49. The number of Topliss-reactive ketones (excluding diaryl/α,β-unsaturated/α-hetero) is 1.